The van der Waals surface area contributed by atoms with E-state index < -0.39 is 12.0 Å². The molecule has 0 spiro atoms. The number of aliphatic hydroxyl groups is 1. The lowest BCUT2D eigenvalue weighted by atomic mass is 9.89. The van der Waals surface area contributed by atoms with Gasteiger partial charge in [-0.05, 0) is 73.3 Å². The Morgan fingerprint density at radius 1 is 1.11 bits per heavy atom. The van der Waals surface area contributed by atoms with Crippen molar-refractivity contribution in [1.82, 2.24) is 14.9 Å². The van der Waals surface area contributed by atoms with Crippen LogP contribution in [-0.4, -0.2) is 32.4 Å². The molecule has 2 N–H and O–H groups in total. The minimum atomic E-state index is -1.33. The number of hydrogen-bond donors (Lipinski definition) is 2. The van der Waals surface area contributed by atoms with Crippen molar-refractivity contribution < 1.29 is 9.90 Å². The largest absolute Gasteiger partial charge is 0.378 e. The Morgan fingerprint density at radius 2 is 1.89 bits per heavy atom. The van der Waals surface area contributed by atoms with E-state index in [0.717, 1.165) is 24.4 Å². The number of nitrogens with zero attached hydrogens (tertiary/aromatic N) is 2. The number of aromatic nitrogens is 2. The Kier molecular flexibility index (Phi) is 6.41. The molecule has 7 heteroatoms. The van der Waals surface area contributed by atoms with E-state index in [2.05, 4.69) is 29.2 Å². The molecule has 1 unspecified atom stereocenters. The van der Waals surface area contributed by atoms with Crippen molar-refractivity contribution >= 4 is 17.5 Å². The predicted octanol–water partition coefficient (Wildman–Crippen LogP) is 5.17. The molecule has 192 valence electrons. The van der Waals surface area contributed by atoms with Gasteiger partial charge in [-0.25, -0.2) is 4.98 Å². The fourth-order valence-corrected chi connectivity index (χ4v) is 6.36. The normalized spacial score (nSPS) is 19.8. The lowest BCUT2D eigenvalue weighted by molar-refractivity contribution is -0.141. The van der Waals surface area contributed by atoms with Crippen molar-refractivity contribution in [2.24, 2.45) is 0 Å². The molecule has 1 atom stereocenters. The number of amides is 1. The number of H-pyrrole nitrogens is 1. The maximum Gasteiger partial charge on any atom is 0.256 e. The number of aliphatic hydroxyl groups excluding tert-OH is 1. The van der Waals surface area contributed by atoms with Crippen molar-refractivity contribution in [2.75, 3.05) is 6.54 Å². The smallest absolute Gasteiger partial charge is 0.256 e. The van der Waals surface area contributed by atoms with E-state index in [0.29, 0.717) is 41.5 Å². The van der Waals surface area contributed by atoms with Crippen LogP contribution in [0.1, 0.15) is 90.7 Å². The number of aryl methyl sites for hydroxylation is 1. The van der Waals surface area contributed by atoms with Crippen LogP contribution in [0.2, 0.25) is 5.02 Å². The quantitative estimate of drug-likeness (QED) is 0.489. The number of nitrogens with one attached hydrogen (secondary N) is 1. The summed E-state index contributed by atoms with van der Waals surface area (Å²) in [5.41, 5.74) is 3.97. The molecule has 3 aliphatic rings. The molecular weight excluding hydrogens is 486 g/mol. The summed E-state index contributed by atoms with van der Waals surface area (Å²) < 4.78 is 0. The van der Waals surface area contributed by atoms with Crippen LogP contribution >= 0.6 is 11.6 Å². The molecule has 0 bridgehead atoms. The molecule has 0 radical (unpaired) electrons. The molecule has 2 aromatic carbocycles. The van der Waals surface area contributed by atoms with E-state index in [1.807, 2.05) is 0 Å². The van der Waals surface area contributed by atoms with Crippen LogP contribution in [0, 0.1) is 0 Å². The molecule has 1 aliphatic heterocycles. The molecule has 2 heterocycles. The van der Waals surface area contributed by atoms with E-state index in [4.69, 9.17) is 16.6 Å². The summed E-state index contributed by atoms with van der Waals surface area (Å²) in [6.07, 6.45) is 7.04. The monoisotopic (exact) mass is 517 g/mol. The molecule has 1 amide bonds. The van der Waals surface area contributed by atoms with Crippen LogP contribution in [0.5, 0.6) is 0 Å². The van der Waals surface area contributed by atoms with Gasteiger partial charge in [0.05, 0.1) is 23.2 Å². The van der Waals surface area contributed by atoms with E-state index >= 15 is 0 Å². The van der Waals surface area contributed by atoms with Crippen molar-refractivity contribution in [3.8, 4) is 0 Å². The molecule has 3 aromatic rings. The Morgan fingerprint density at radius 3 is 2.65 bits per heavy atom. The average Bonchev–Trinajstić information content (AvgIpc) is 3.60. The molecule has 2 saturated carbocycles. The maximum atomic E-state index is 13.4. The lowest BCUT2D eigenvalue weighted by Gasteiger charge is -2.24. The molecule has 0 saturated heterocycles. The Bertz CT molecular complexity index is 1390. The highest BCUT2D eigenvalue weighted by atomic mass is 35.5. The third-order valence-electron chi connectivity index (χ3n) is 8.47. The van der Waals surface area contributed by atoms with Gasteiger partial charge < -0.3 is 15.0 Å². The van der Waals surface area contributed by atoms with Crippen molar-refractivity contribution in [3.05, 3.63) is 97.7 Å². The van der Waals surface area contributed by atoms with E-state index in [1.54, 1.807) is 29.2 Å². The van der Waals surface area contributed by atoms with E-state index in [-0.39, 0.29) is 17.5 Å². The predicted molar refractivity (Wildman–Crippen MR) is 143 cm³/mol. The van der Waals surface area contributed by atoms with E-state index in [9.17, 15) is 14.7 Å². The Hall–Kier alpha value is -2.96. The number of fused-ring (bicyclic) bond motifs is 1. The van der Waals surface area contributed by atoms with Gasteiger partial charge in [0, 0.05) is 11.6 Å². The molecule has 2 aliphatic carbocycles. The van der Waals surface area contributed by atoms with Crippen molar-refractivity contribution in [1.29, 1.82) is 0 Å². The summed E-state index contributed by atoms with van der Waals surface area (Å²) in [4.78, 5) is 36.2. The third kappa shape index (κ3) is 4.62. The van der Waals surface area contributed by atoms with Gasteiger partial charge in [0.25, 0.3) is 11.5 Å². The van der Waals surface area contributed by atoms with Crippen LogP contribution in [0.15, 0.2) is 53.3 Å². The van der Waals surface area contributed by atoms with Gasteiger partial charge in [0.2, 0.25) is 0 Å². The molecule has 1 aromatic heterocycles. The third-order valence-corrected chi connectivity index (χ3v) is 8.71. The first-order chi connectivity index (χ1) is 17.9. The van der Waals surface area contributed by atoms with Crippen LogP contribution in [0.3, 0.4) is 0 Å². The summed E-state index contributed by atoms with van der Waals surface area (Å²) in [7, 11) is 0. The van der Waals surface area contributed by atoms with Crippen molar-refractivity contribution in [3.63, 3.8) is 0 Å². The standard InChI is InChI=1S/C30H32ClN3O3/c31-23-11-4-9-21(17-23)26(35)28(37)34-15-5-12-25-24(18-34)27(36)33-29(32-25)30(13-14-30)22-10-3-8-20(16-22)19-6-1-2-7-19/h3-4,8-11,16-17,19,26,35H,1-2,5-7,12-15,18H2,(H,32,33,36). The molecule has 2 fully saturated rings. The van der Waals surface area contributed by atoms with Crippen LogP contribution in [0.4, 0.5) is 0 Å². The first-order valence-electron chi connectivity index (χ1n) is 13.4. The van der Waals surface area contributed by atoms with Gasteiger partial charge >= 0.3 is 0 Å². The SMILES string of the molecule is O=C(C(O)c1cccc(Cl)c1)N1CCCc2nc(C3(c4cccc(C5CCCC5)c4)CC3)[nH]c(=O)c2C1. The number of benzene rings is 2. The fraction of sp³-hybridized carbons (Fsp3) is 0.433. The van der Waals surface area contributed by atoms with Gasteiger partial charge in [-0.15, -0.1) is 0 Å². The van der Waals surface area contributed by atoms with Crippen LogP contribution in [-0.2, 0) is 23.2 Å². The summed E-state index contributed by atoms with van der Waals surface area (Å²) >= 11 is 6.05. The summed E-state index contributed by atoms with van der Waals surface area (Å²) in [6.45, 7) is 0.592. The van der Waals surface area contributed by atoms with Gasteiger partial charge in [0.15, 0.2) is 6.10 Å². The Balaban J connectivity index is 1.27. The summed E-state index contributed by atoms with van der Waals surface area (Å²) in [6, 6.07) is 15.6. The number of aromatic amines is 1. The highest BCUT2D eigenvalue weighted by Crippen LogP contribution is 2.52. The number of rotatable bonds is 5. The van der Waals surface area contributed by atoms with Gasteiger partial charge in [0.1, 0.15) is 5.82 Å². The number of carbonyl (C=O) groups excluding carboxylic acids is 1. The second-order valence-electron chi connectivity index (χ2n) is 10.8. The van der Waals surface area contributed by atoms with E-state index in [1.165, 1.54) is 36.8 Å². The maximum absolute atomic E-state index is 13.4. The second kappa shape index (κ2) is 9.73. The summed E-state index contributed by atoms with van der Waals surface area (Å²) in [5, 5.41) is 11.2. The van der Waals surface area contributed by atoms with Gasteiger partial charge in [-0.2, -0.15) is 0 Å². The Labute approximate surface area is 221 Å². The zero-order valence-corrected chi connectivity index (χ0v) is 21.6. The first kappa shape index (κ1) is 24.4. The minimum absolute atomic E-state index is 0.137. The van der Waals surface area contributed by atoms with Gasteiger partial charge in [-0.1, -0.05) is 60.8 Å². The minimum Gasteiger partial charge on any atom is -0.378 e. The van der Waals surface area contributed by atoms with Crippen molar-refractivity contribution in [2.45, 2.75) is 75.3 Å². The van der Waals surface area contributed by atoms with Crippen LogP contribution in [0.25, 0.3) is 0 Å². The zero-order chi connectivity index (χ0) is 25.6. The fourth-order valence-electron chi connectivity index (χ4n) is 6.17. The molecular formula is C30H32ClN3O3. The average molecular weight is 518 g/mol. The van der Waals surface area contributed by atoms with Gasteiger partial charge in [-0.3, -0.25) is 9.59 Å². The zero-order valence-electron chi connectivity index (χ0n) is 20.9. The lowest BCUT2D eigenvalue weighted by Crippen LogP contribution is -2.36. The first-order valence-corrected chi connectivity index (χ1v) is 13.8. The second-order valence-corrected chi connectivity index (χ2v) is 11.3. The molecule has 37 heavy (non-hydrogen) atoms. The van der Waals surface area contributed by atoms with Crippen LogP contribution < -0.4 is 5.56 Å². The molecule has 6 rings (SSSR count). The number of halogens is 1. The summed E-state index contributed by atoms with van der Waals surface area (Å²) in [5.74, 6) is 0.958. The molecule has 6 nitrogen and oxygen atoms in total. The topological polar surface area (TPSA) is 86.3 Å². The number of carbonyl (C=O) groups is 1. The number of hydrogen-bond acceptors (Lipinski definition) is 4. The highest BCUT2D eigenvalue weighted by molar-refractivity contribution is 6.30. The highest BCUT2D eigenvalue weighted by Gasteiger charge is 2.49.